The number of para-hydroxylation sites is 1. The smallest absolute Gasteiger partial charge is 0.229 e. The third kappa shape index (κ3) is 6.47. The molecule has 25 heavy (non-hydrogen) atoms. The molecule has 2 aromatic rings. The molecule has 0 aliphatic heterocycles. The summed E-state index contributed by atoms with van der Waals surface area (Å²) in [4.78, 5) is 23.7. The van der Waals surface area contributed by atoms with Crippen molar-refractivity contribution in [3.8, 4) is 5.75 Å². The van der Waals surface area contributed by atoms with Gasteiger partial charge in [0.05, 0.1) is 7.11 Å². The molecule has 6 heteroatoms. The molecule has 0 radical (unpaired) electrons. The lowest BCUT2D eigenvalue weighted by Gasteiger charge is -2.10. The fraction of sp³-hybridized carbons (Fsp3) is 0.263. The fourth-order valence-corrected chi connectivity index (χ4v) is 2.57. The van der Waals surface area contributed by atoms with Gasteiger partial charge in [-0.1, -0.05) is 41.9 Å². The van der Waals surface area contributed by atoms with Crippen LogP contribution in [0, 0.1) is 0 Å². The van der Waals surface area contributed by atoms with Crippen molar-refractivity contribution in [2.24, 2.45) is 0 Å². The van der Waals surface area contributed by atoms with Gasteiger partial charge in [0.25, 0.3) is 0 Å². The minimum Gasteiger partial charge on any atom is -0.496 e. The maximum atomic E-state index is 11.9. The lowest BCUT2D eigenvalue weighted by molar-refractivity contribution is -0.129. The van der Waals surface area contributed by atoms with E-state index in [-0.39, 0.29) is 18.2 Å². The highest BCUT2D eigenvalue weighted by atomic mass is 35.5. The maximum Gasteiger partial charge on any atom is 0.229 e. The molecule has 0 atom stereocenters. The predicted octanol–water partition coefficient (Wildman–Crippen LogP) is 2.71. The first kappa shape index (κ1) is 18.8. The number of nitrogens with one attached hydrogen (secondary N) is 2. The molecular formula is C19H21ClN2O3. The fourth-order valence-electron chi connectivity index (χ4n) is 2.35. The van der Waals surface area contributed by atoms with Gasteiger partial charge in [-0.3, -0.25) is 9.59 Å². The number of ether oxygens (including phenoxy) is 1. The first-order valence-corrected chi connectivity index (χ1v) is 8.36. The molecule has 0 heterocycles. The van der Waals surface area contributed by atoms with Crippen LogP contribution >= 0.6 is 11.6 Å². The van der Waals surface area contributed by atoms with Gasteiger partial charge in [-0.15, -0.1) is 0 Å². The van der Waals surface area contributed by atoms with Crippen molar-refractivity contribution in [3.05, 3.63) is 64.7 Å². The topological polar surface area (TPSA) is 67.4 Å². The van der Waals surface area contributed by atoms with Crippen molar-refractivity contribution in [1.29, 1.82) is 0 Å². The molecule has 2 rings (SSSR count). The average molecular weight is 361 g/mol. The van der Waals surface area contributed by atoms with Gasteiger partial charge in [-0.25, -0.2) is 0 Å². The molecule has 2 N–H and O–H groups in total. The van der Waals surface area contributed by atoms with Crippen molar-refractivity contribution in [2.75, 3.05) is 13.7 Å². The molecule has 5 nitrogen and oxygen atoms in total. The Labute approximate surface area is 152 Å². The predicted molar refractivity (Wildman–Crippen MR) is 97.6 cm³/mol. The molecule has 132 valence electrons. The summed E-state index contributed by atoms with van der Waals surface area (Å²) in [5, 5.41) is 6.12. The monoisotopic (exact) mass is 360 g/mol. The summed E-state index contributed by atoms with van der Waals surface area (Å²) >= 11 is 5.91. The van der Waals surface area contributed by atoms with Gasteiger partial charge in [0.1, 0.15) is 12.2 Å². The largest absolute Gasteiger partial charge is 0.496 e. The number of carbonyl (C=O) groups excluding carboxylic acids is 2. The van der Waals surface area contributed by atoms with Gasteiger partial charge in [-0.05, 0) is 30.2 Å². The second kappa shape index (κ2) is 9.69. The molecule has 2 amide bonds. The Balaban J connectivity index is 1.70. The zero-order chi connectivity index (χ0) is 18.1. The van der Waals surface area contributed by atoms with Crippen LogP contribution in [-0.2, 0) is 22.6 Å². The lowest BCUT2D eigenvalue weighted by atomic mass is 10.1. The van der Waals surface area contributed by atoms with Crippen molar-refractivity contribution in [2.45, 2.75) is 19.4 Å². The molecule has 0 aliphatic rings. The molecule has 0 bridgehead atoms. The van der Waals surface area contributed by atoms with E-state index < -0.39 is 0 Å². The number of rotatable bonds is 8. The molecule has 0 saturated heterocycles. The highest BCUT2D eigenvalue weighted by molar-refractivity contribution is 6.30. The van der Waals surface area contributed by atoms with Crippen LogP contribution in [-0.4, -0.2) is 25.5 Å². The quantitative estimate of drug-likeness (QED) is 0.711. The van der Waals surface area contributed by atoms with Gasteiger partial charge in [0.2, 0.25) is 11.8 Å². The number of amides is 2. The van der Waals surface area contributed by atoms with Crippen LogP contribution in [0.25, 0.3) is 0 Å². The molecular weight excluding hydrogens is 340 g/mol. The van der Waals surface area contributed by atoms with E-state index in [0.29, 0.717) is 30.3 Å². The van der Waals surface area contributed by atoms with E-state index >= 15 is 0 Å². The summed E-state index contributed by atoms with van der Waals surface area (Å²) in [7, 11) is 1.58. The number of hydrogen-bond acceptors (Lipinski definition) is 3. The zero-order valence-corrected chi connectivity index (χ0v) is 14.8. The summed E-state index contributed by atoms with van der Waals surface area (Å²) < 4.78 is 5.22. The molecule has 0 unspecified atom stereocenters. The first-order chi connectivity index (χ1) is 12.1. The normalized spacial score (nSPS) is 10.2. The lowest BCUT2D eigenvalue weighted by Crippen LogP contribution is -2.32. The van der Waals surface area contributed by atoms with Crippen LogP contribution in [0.1, 0.15) is 17.5 Å². The number of benzene rings is 2. The summed E-state index contributed by atoms with van der Waals surface area (Å²) in [6.45, 7) is 0.775. The molecule has 0 aliphatic carbocycles. The van der Waals surface area contributed by atoms with Gasteiger partial charge in [0.15, 0.2) is 0 Å². The Hall–Kier alpha value is -2.53. The number of hydrogen-bond donors (Lipinski definition) is 2. The summed E-state index contributed by atoms with van der Waals surface area (Å²) in [6, 6.07) is 14.9. The van der Waals surface area contributed by atoms with Crippen LogP contribution in [0.5, 0.6) is 5.75 Å². The minimum absolute atomic E-state index is 0.204. The second-order valence-electron chi connectivity index (χ2n) is 5.50. The van der Waals surface area contributed by atoms with E-state index in [2.05, 4.69) is 10.6 Å². The number of halogens is 1. The van der Waals surface area contributed by atoms with E-state index in [9.17, 15) is 9.59 Å². The highest BCUT2D eigenvalue weighted by Crippen LogP contribution is 2.16. The van der Waals surface area contributed by atoms with Crippen molar-refractivity contribution < 1.29 is 14.3 Å². The molecule has 0 saturated carbocycles. The molecule has 0 aromatic heterocycles. The third-order valence-corrected chi connectivity index (χ3v) is 3.85. The molecule has 2 aromatic carbocycles. The van der Waals surface area contributed by atoms with Crippen molar-refractivity contribution in [3.63, 3.8) is 0 Å². The van der Waals surface area contributed by atoms with Crippen LogP contribution in [0.15, 0.2) is 48.5 Å². The molecule has 0 fully saturated rings. The summed E-state index contributed by atoms with van der Waals surface area (Å²) in [6.07, 6.45) is 0.458. The Bertz CT molecular complexity index is 734. The van der Waals surface area contributed by atoms with Crippen molar-refractivity contribution >= 4 is 23.4 Å². The van der Waals surface area contributed by atoms with Gasteiger partial charge in [-0.2, -0.15) is 0 Å². The summed E-state index contributed by atoms with van der Waals surface area (Å²) in [5.41, 5.74) is 1.90. The second-order valence-corrected chi connectivity index (χ2v) is 5.93. The SMILES string of the molecule is COc1ccccc1CNC(=O)CC(=O)NCCc1cccc(Cl)c1. The van der Waals surface area contributed by atoms with Crippen LogP contribution in [0.4, 0.5) is 0 Å². The van der Waals surface area contributed by atoms with E-state index in [1.807, 2.05) is 42.5 Å². The zero-order valence-electron chi connectivity index (χ0n) is 14.0. The standard InChI is InChI=1S/C19H21ClN2O3/c1-25-17-8-3-2-6-15(17)13-22-19(24)12-18(23)21-10-9-14-5-4-7-16(20)11-14/h2-8,11H,9-10,12-13H2,1H3,(H,21,23)(H,22,24). The highest BCUT2D eigenvalue weighted by Gasteiger charge is 2.10. The Morgan fingerprint density at radius 3 is 2.56 bits per heavy atom. The van der Waals surface area contributed by atoms with Crippen LogP contribution < -0.4 is 15.4 Å². The number of methoxy groups -OCH3 is 1. The molecule has 0 spiro atoms. The van der Waals surface area contributed by atoms with E-state index in [4.69, 9.17) is 16.3 Å². The van der Waals surface area contributed by atoms with Gasteiger partial charge >= 0.3 is 0 Å². The van der Waals surface area contributed by atoms with E-state index in [0.717, 1.165) is 11.1 Å². The van der Waals surface area contributed by atoms with Crippen LogP contribution in [0.2, 0.25) is 5.02 Å². The summed E-state index contributed by atoms with van der Waals surface area (Å²) in [5.74, 6) is 0.0690. The van der Waals surface area contributed by atoms with Crippen LogP contribution in [0.3, 0.4) is 0 Å². The third-order valence-electron chi connectivity index (χ3n) is 3.61. The van der Waals surface area contributed by atoms with Gasteiger partial charge in [0, 0.05) is 23.7 Å². The maximum absolute atomic E-state index is 11.9. The Morgan fingerprint density at radius 2 is 1.80 bits per heavy atom. The van der Waals surface area contributed by atoms with E-state index in [1.165, 1.54) is 0 Å². The van der Waals surface area contributed by atoms with E-state index in [1.54, 1.807) is 13.2 Å². The Kier molecular flexibility index (Phi) is 7.29. The first-order valence-electron chi connectivity index (χ1n) is 7.98. The number of carbonyl (C=O) groups is 2. The minimum atomic E-state index is -0.328. The van der Waals surface area contributed by atoms with Crippen molar-refractivity contribution in [1.82, 2.24) is 10.6 Å². The Morgan fingerprint density at radius 1 is 1.04 bits per heavy atom. The van der Waals surface area contributed by atoms with Gasteiger partial charge < -0.3 is 15.4 Å². The average Bonchev–Trinajstić information content (AvgIpc) is 2.60.